The molecule has 2 rings (SSSR count). The average Bonchev–Trinajstić information content (AvgIpc) is 2.92. The van der Waals surface area contributed by atoms with Crippen molar-refractivity contribution in [1.29, 1.82) is 0 Å². The number of nitrogens with one attached hydrogen (secondary N) is 1. The van der Waals surface area contributed by atoms with Gasteiger partial charge in [0.25, 0.3) is 5.91 Å². The van der Waals surface area contributed by atoms with E-state index in [0.717, 1.165) is 12.5 Å². The highest BCUT2D eigenvalue weighted by Gasteiger charge is 2.35. The van der Waals surface area contributed by atoms with Gasteiger partial charge in [0, 0.05) is 6.61 Å². The molecule has 0 saturated carbocycles. The standard InChI is InChI=1S/C15H18F3NO3/c1-9(2)22-10-5-6-12(11(8-10)15(16,17)18)19-14(20)13-4-3-7-21-13/h5-6,8-9,13H,3-4,7H2,1-2H3,(H,19,20)/t13-/m1/s1. The number of carbonyl (C=O) groups excluding carboxylic acids is 1. The van der Waals surface area contributed by atoms with Crippen LogP contribution >= 0.6 is 0 Å². The first-order chi connectivity index (χ1) is 10.3. The molecule has 0 spiro atoms. The summed E-state index contributed by atoms with van der Waals surface area (Å²) in [5.74, 6) is -0.446. The topological polar surface area (TPSA) is 47.6 Å². The molecule has 1 amide bonds. The zero-order valence-electron chi connectivity index (χ0n) is 12.4. The predicted octanol–water partition coefficient (Wildman–Crippen LogP) is 3.61. The van der Waals surface area contributed by atoms with Crippen LogP contribution in [0.3, 0.4) is 0 Å². The van der Waals surface area contributed by atoms with Gasteiger partial charge in [-0.15, -0.1) is 0 Å². The van der Waals surface area contributed by atoms with Crippen molar-refractivity contribution >= 4 is 11.6 Å². The highest BCUT2D eigenvalue weighted by Crippen LogP contribution is 2.37. The molecule has 1 N–H and O–H groups in total. The number of hydrogen-bond acceptors (Lipinski definition) is 3. The summed E-state index contributed by atoms with van der Waals surface area (Å²) in [5.41, 5.74) is -1.22. The zero-order chi connectivity index (χ0) is 16.3. The lowest BCUT2D eigenvalue weighted by atomic mass is 10.1. The van der Waals surface area contributed by atoms with Crippen molar-refractivity contribution in [3.8, 4) is 5.75 Å². The molecule has 0 bridgehead atoms. The Hall–Kier alpha value is -1.76. The van der Waals surface area contributed by atoms with E-state index in [1.54, 1.807) is 13.8 Å². The third-order valence-corrected chi connectivity index (χ3v) is 3.15. The molecule has 1 aliphatic rings. The van der Waals surface area contributed by atoms with E-state index >= 15 is 0 Å². The molecule has 0 radical (unpaired) electrons. The van der Waals surface area contributed by atoms with Crippen LogP contribution in [0.1, 0.15) is 32.3 Å². The van der Waals surface area contributed by atoms with Gasteiger partial charge >= 0.3 is 6.18 Å². The van der Waals surface area contributed by atoms with Crippen LogP contribution in [0.4, 0.5) is 18.9 Å². The second kappa shape index (κ2) is 6.56. The van der Waals surface area contributed by atoms with Crippen molar-refractivity contribution < 1.29 is 27.4 Å². The fraction of sp³-hybridized carbons (Fsp3) is 0.533. The first-order valence-corrected chi connectivity index (χ1v) is 7.07. The molecule has 0 aromatic heterocycles. The normalized spacial score (nSPS) is 18.5. The smallest absolute Gasteiger partial charge is 0.418 e. The molecule has 1 aromatic carbocycles. The van der Waals surface area contributed by atoms with Gasteiger partial charge in [-0.3, -0.25) is 4.79 Å². The number of alkyl halides is 3. The Kier molecular flexibility index (Phi) is 4.95. The van der Waals surface area contributed by atoms with Crippen LogP contribution in [0.25, 0.3) is 0 Å². The SMILES string of the molecule is CC(C)Oc1ccc(NC(=O)[C@H]2CCCO2)c(C(F)(F)F)c1. The molecule has 4 nitrogen and oxygen atoms in total. The number of hydrogen-bond donors (Lipinski definition) is 1. The van der Waals surface area contributed by atoms with E-state index in [-0.39, 0.29) is 17.5 Å². The minimum absolute atomic E-state index is 0.109. The molecule has 122 valence electrons. The quantitative estimate of drug-likeness (QED) is 0.923. The van der Waals surface area contributed by atoms with Crippen molar-refractivity contribution in [3.05, 3.63) is 23.8 Å². The summed E-state index contributed by atoms with van der Waals surface area (Å²) < 4.78 is 49.9. The van der Waals surface area contributed by atoms with Crippen molar-refractivity contribution in [2.75, 3.05) is 11.9 Å². The van der Waals surface area contributed by atoms with Gasteiger partial charge in [-0.2, -0.15) is 13.2 Å². The highest BCUT2D eigenvalue weighted by atomic mass is 19.4. The minimum Gasteiger partial charge on any atom is -0.491 e. The number of benzene rings is 1. The molecule has 1 atom stereocenters. The summed E-state index contributed by atoms with van der Waals surface area (Å²) in [6, 6.07) is 3.50. The van der Waals surface area contributed by atoms with Crippen molar-refractivity contribution in [3.63, 3.8) is 0 Å². The van der Waals surface area contributed by atoms with Crippen LogP contribution in [0.15, 0.2) is 18.2 Å². The first-order valence-electron chi connectivity index (χ1n) is 7.07. The third-order valence-electron chi connectivity index (χ3n) is 3.15. The number of carbonyl (C=O) groups is 1. The van der Waals surface area contributed by atoms with E-state index < -0.39 is 23.8 Å². The Morgan fingerprint density at radius 2 is 2.14 bits per heavy atom. The molecule has 1 aliphatic heterocycles. The third kappa shape index (κ3) is 4.13. The average molecular weight is 317 g/mol. The van der Waals surface area contributed by atoms with Gasteiger partial charge in [0.2, 0.25) is 0 Å². The lowest BCUT2D eigenvalue weighted by Gasteiger charge is -2.18. The summed E-state index contributed by atoms with van der Waals surface area (Å²) in [6.07, 6.45) is -4.27. The van der Waals surface area contributed by atoms with Crippen LogP contribution in [0.5, 0.6) is 5.75 Å². The number of halogens is 3. The van der Waals surface area contributed by atoms with E-state index in [4.69, 9.17) is 9.47 Å². The van der Waals surface area contributed by atoms with Crippen LogP contribution in [0.2, 0.25) is 0 Å². The van der Waals surface area contributed by atoms with E-state index in [1.165, 1.54) is 12.1 Å². The fourth-order valence-corrected chi connectivity index (χ4v) is 2.21. The van der Waals surface area contributed by atoms with Gasteiger partial charge in [-0.1, -0.05) is 0 Å². The Morgan fingerprint density at radius 3 is 2.68 bits per heavy atom. The molecule has 0 aliphatic carbocycles. The minimum atomic E-state index is -4.59. The molecule has 1 heterocycles. The van der Waals surface area contributed by atoms with Gasteiger partial charge < -0.3 is 14.8 Å². The molecule has 22 heavy (non-hydrogen) atoms. The van der Waals surface area contributed by atoms with Gasteiger partial charge in [0.15, 0.2) is 0 Å². The summed E-state index contributed by atoms with van der Waals surface area (Å²) in [4.78, 5) is 11.9. The van der Waals surface area contributed by atoms with E-state index in [1.807, 2.05) is 0 Å². The lowest BCUT2D eigenvalue weighted by molar-refractivity contribution is -0.137. The van der Waals surface area contributed by atoms with Crippen LogP contribution in [0, 0.1) is 0 Å². The largest absolute Gasteiger partial charge is 0.491 e. The maximum Gasteiger partial charge on any atom is 0.418 e. The van der Waals surface area contributed by atoms with E-state index in [2.05, 4.69) is 5.32 Å². The maximum atomic E-state index is 13.2. The summed E-state index contributed by atoms with van der Waals surface area (Å²) >= 11 is 0. The molecular weight excluding hydrogens is 299 g/mol. The molecule has 1 fully saturated rings. The van der Waals surface area contributed by atoms with Crippen molar-refractivity contribution in [1.82, 2.24) is 0 Å². The second-order valence-electron chi connectivity index (χ2n) is 5.36. The van der Waals surface area contributed by atoms with Gasteiger partial charge in [-0.25, -0.2) is 0 Å². The highest BCUT2D eigenvalue weighted by molar-refractivity contribution is 5.95. The molecule has 1 aromatic rings. The Labute approximate surface area is 126 Å². The Morgan fingerprint density at radius 1 is 1.41 bits per heavy atom. The van der Waals surface area contributed by atoms with Crippen molar-refractivity contribution in [2.24, 2.45) is 0 Å². The molecule has 1 saturated heterocycles. The van der Waals surface area contributed by atoms with Gasteiger partial charge in [0.05, 0.1) is 17.4 Å². The van der Waals surface area contributed by atoms with Crippen LogP contribution in [-0.4, -0.2) is 24.7 Å². The number of rotatable bonds is 4. The van der Waals surface area contributed by atoms with Gasteiger partial charge in [0.1, 0.15) is 11.9 Å². The van der Waals surface area contributed by atoms with E-state index in [0.29, 0.717) is 13.0 Å². The number of ether oxygens (including phenoxy) is 2. The van der Waals surface area contributed by atoms with Crippen LogP contribution < -0.4 is 10.1 Å². The molecular formula is C15H18F3NO3. The lowest BCUT2D eigenvalue weighted by Crippen LogP contribution is -2.28. The Bertz CT molecular complexity index is 537. The zero-order valence-corrected chi connectivity index (χ0v) is 12.4. The molecule has 0 unspecified atom stereocenters. The first kappa shape index (κ1) is 16.6. The summed E-state index contributed by atoms with van der Waals surface area (Å²) in [7, 11) is 0. The van der Waals surface area contributed by atoms with Gasteiger partial charge in [-0.05, 0) is 44.9 Å². The summed E-state index contributed by atoms with van der Waals surface area (Å²) in [6.45, 7) is 3.89. The Balaban J connectivity index is 2.23. The number of amides is 1. The maximum absolute atomic E-state index is 13.2. The summed E-state index contributed by atoms with van der Waals surface area (Å²) in [5, 5.41) is 2.30. The number of anilines is 1. The van der Waals surface area contributed by atoms with Crippen molar-refractivity contribution in [2.45, 2.75) is 45.1 Å². The van der Waals surface area contributed by atoms with Crippen LogP contribution in [-0.2, 0) is 15.7 Å². The van der Waals surface area contributed by atoms with E-state index in [9.17, 15) is 18.0 Å². The second-order valence-corrected chi connectivity index (χ2v) is 5.36. The monoisotopic (exact) mass is 317 g/mol. The molecule has 7 heteroatoms. The fourth-order valence-electron chi connectivity index (χ4n) is 2.21. The predicted molar refractivity (Wildman–Crippen MR) is 74.8 cm³/mol.